The van der Waals surface area contributed by atoms with Gasteiger partial charge in [-0.15, -0.1) is 11.3 Å². The molecule has 0 N–H and O–H groups in total. The third-order valence-corrected chi connectivity index (χ3v) is 4.69. The van der Waals surface area contributed by atoms with E-state index in [1.165, 1.54) is 42.7 Å². The van der Waals surface area contributed by atoms with E-state index in [1.54, 1.807) is 10.3 Å². The molecule has 1 aromatic heterocycles. The van der Waals surface area contributed by atoms with Crippen molar-refractivity contribution in [2.24, 2.45) is 5.92 Å². The molecular weight excluding hydrogens is 370 g/mol. The van der Waals surface area contributed by atoms with Crippen LogP contribution in [0.1, 0.15) is 46.1 Å². The van der Waals surface area contributed by atoms with Crippen molar-refractivity contribution in [2.45, 2.75) is 26.8 Å². The number of nitro groups is 1. The van der Waals surface area contributed by atoms with Crippen LogP contribution in [0.2, 0.25) is 0 Å². The monoisotopic (exact) mass is 391 g/mol. The minimum Gasteiger partial charge on any atom is -0.464 e. The number of hydrogen-bond donors (Lipinski definition) is 0. The van der Waals surface area contributed by atoms with Gasteiger partial charge in [0.25, 0.3) is 11.6 Å². The summed E-state index contributed by atoms with van der Waals surface area (Å²) in [5.74, 6) is -0.354. The lowest BCUT2D eigenvalue weighted by Gasteiger charge is -2.22. The number of rotatable bonds is 8. The number of methoxy groups -OCH3 is 1. The lowest BCUT2D eigenvalue weighted by molar-refractivity contribution is -0.384. The first kappa shape index (κ1) is 20.5. The molecule has 1 amide bonds. The molecular formula is C18H21N3O5S. The molecule has 0 spiro atoms. The van der Waals surface area contributed by atoms with Crippen molar-refractivity contribution in [1.82, 2.24) is 9.88 Å². The molecule has 2 aromatic rings. The molecule has 0 aliphatic heterocycles. The summed E-state index contributed by atoms with van der Waals surface area (Å²) in [6.45, 7) is 4.89. The number of carbonyl (C=O) groups is 2. The average Bonchev–Trinajstić information content (AvgIpc) is 3.12. The van der Waals surface area contributed by atoms with E-state index in [4.69, 9.17) is 0 Å². The number of aromatic nitrogens is 1. The fraction of sp³-hybridized carbons (Fsp3) is 0.389. The van der Waals surface area contributed by atoms with E-state index in [2.05, 4.69) is 23.6 Å². The number of nitrogens with zero attached hydrogens (tertiary/aromatic N) is 3. The molecule has 0 unspecified atom stereocenters. The number of benzene rings is 1. The highest BCUT2D eigenvalue weighted by Crippen LogP contribution is 2.18. The Balaban J connectivity index is 2.19. The van der Waals surface area contributed by atoms with Gasteiger partial charge in [0.2, 0.25) is 0 Å². The Kier molecular flexibility index (Phi) is 7.00. The van der Waals surface area contributed by atoms with Gasteiger partial charge in [0.15, 0.2) is 5.69 Å². The molecule has 0 aliphatic rings. The maximum Gasteiger partial charge on any atom is 0.357 e. The van der Waals surface area contributed by atoms with Crippen molar-refractivity contribution in [3.63, 3.8) is 0 Å². The zero-order valence-corrected chi connectivity index (χ0v) is 16.2. The minimum absolute atomic E-state index is 0.0667. The Labute approximate surface area is 160 Å². The van der Waals surface area contributed by atoms with Gasteiger partial charge >= 0.3 is 5.97 Å². The molecule has 1 heterocycles. The third-order valence-electron chi connectivity index (χ3n) is 3.86. The highest BCUT2D eigenvalue weighted by molar-refractivity contribution is 7.09. The van der Waals surface area contributed by atoms with Gasteiger partial charge in [-0.05, 0) is 24.5 Å². The van der Waals surface area contributed by atoms with Crippen LogP contribution >= 0.6 is 11.3 Å². The Bertz CT molecular complexity index is 817. The average molecular weight is 391 g/mol. The Morgan fingerprint density at radius 2 is 1.96 bits per heavy atom. The Morgan fingerprint density at radius 1 is 1.30 bits per heavy atom. The SMILES string of the molecule is COC(=O)c1csc(CN(CCC(C)C)C(=O)c2ccc([N+](=O)[O-])cc2)n1. The van der Waals surface area contributed by atoms with E-state index >= 15 is 0 Å². The largest absolute Gasteiger partial charge is 0.464 e. The van der Waals surface area contributed by atoms with Crippen molar-refractivity contribution >= 4 is 28.9 Å². The lowest BCUT2D eigenvalue weighted by Crippen LogP contribution is -2.32. The molecule has 0 atom stereocenters. The van der Waals surface area contributed by atoms with E-state index < -0.39 is 10.9 Å². The van der Waals surface area contributed by atoms with Crippen LogP contribution in [0.15, 0.2) is 29.6 Å². The van der Waals surface area contributed by atoms with E-state index in [0.29, 0.717) is 23.0 Å². The first-order valence-electron chi connectivity index (χ1n) is 8.38. The fourth-order valence-electron chi connectivity index (χ4n) is 2.32. The first-order valence-corrected chi connectivity index (χ1v) is 9.26. The molecule has 1 aromatic carbocycles. The van der Waals surface area contributed by atoms with E-state index in [9.17, 15) is 19.7 Å². The van der Waals surface area contributed by atoms with Crippen LogP contribution < -0.4 is 0 Å². The summed E-state index contributed by atoms with van der Waals surface area (Å²) in [6, 6.07) is 5.52. The van der Waals surface area contributed by atoms with Crippen molar-refractivity contribution in [1.29, 1.82) is 0 Å². The zero-order valence-electron chi connectivity index (χ0n) is 15.4. The standard InChI is InChI=1S/C18H21N3O5S/c1-12(2)8-9-20(10-16-19-15(11-27-16)18(23)26-3)17(22)13-4-6-14(7-5-13)21(24)25/h4-7,11-12H,8-10H2,1-3H3. The van der Waals surface area contributed by atoms with Gasteiger partial charge in [-0.3, -0.25) is 14.9 Å². The summed E-state index contributed by atoms with van der Waals surface area (Å²) in [5, 5.41) is 13.0. The predicted octanol–water partition coefficient (Wildman–Crippen LogP) is 3.53. The molecule has 0 fully saturated rings. The summed E-state index contributed by atoms with van der Waals surface area (Å²) in [5.41, 5.74) is 0.515. The van der Waals surface area contributed by atoms with Crippen LogP contribution in [0, 0.1) is 16.0 Å². The fourth-order valence-corrected chi connectivity index (χ4v) is 3.10. The molecule has 0 aliphatic carbocycles. The van der Waals surface area contributed by atoms with E-state index in [1.807, 2.05) is 0 Å². The summed E-state index contributed by atoms with van der Waals surface area (Å²) < 4.78 is 4.65. The highest BCUT2D eigenvalue weighted by Gasteiger charge is 2.20. The zero-order chi connectivity index (χ0) is 20.0. The first-order chi connectivity index (χ1) is 12.8. The van der Waals surface area contributed by atoms with Gasteiger partial charge in [0.1, 0.15) is 5.01 Å². The summed E-state index contributed by atoms with van der Waals surface area (Å²) in [7, 11) is 1.29. The summed E-state index contributed by atoms with van der Waals surface area (Å²) >= 11 is 1.28. The molecule has 27 heavy (non-hydrogen) atoms. The van der Waals surface area contributed by atoms with Crippen LogP contribution in [0.5, 0.6) is 0 Å². The quantitative estimate of drug-likeness (QED) is 0.387. The number of hydrogen-bond acceptors (Lipinski definition) is 7. The number of carbonyl (C=O) groups excluding carboxylic acids is 2. The second kappa shape index (κ2) is 9.22. The Morgan fingerprint density at radius 3 is 2.52 bits per heavy atom. The van der Waals surface area contributed by atoms with Gasteiger partial charge in [0, 0.05) is 29.6 Å². The summed E-state index contributed by atoms with van der Waals surface area (Å²) in [6.07, 6.45) is 0.800. The molecule has 0 bridgehead atoms. The van der Waals surface area contributed by atoms with Gasteiger partial charge in [-0.25, -0.2) is 9.78 Å². The van der Waals surface area contributed by atoms with Crippen LogP contribution in [-0.4, -0.2) is 40.3 Å². The molecule has 2 rings (SSSR count). The Hall–Kier alpha value is -2.81. The smallest absolute Gasteiger partial charge is 0.357 e. The molecule has 9 heteroatoms. The maximum atomic E-state index is 12.9. The van der Waals surface area contributed by atoms with E-state index in [0.717, 1.165) is 6.42 Å². The normalized spacial score (nSPS) is 10.7. The number of amides is 1. The van der Waals surface area contributed by atoms with Gasteiger partial charge in [0.05, 0.1) is 18.6 Å². The number of ether oxygens (including phenoxy) is 1. The van der Waals surface area contributed by atoms with Crippen molar-refractivity contribution in [3.8, 4) is 0 Å². The van der Waals surface area contributed by atoms with Crippen LogP contribution in [0.3, 0.4) is 0 Å². The van der Waals surface area contributed by atoms with Crippen LogP contribution in [-0.2, 0) is 11.3 Å². The van der Waals surface area contributed by atoms with Crippen LogP contribution in [0.4, 0.5) is 5.69 Å². The van der Waals surface area contributed by atoms with Gasteiger partial charge in [-0.1, -0.05) is 13.8 Å². The molecule has 0 saturated heterocycles. The highest BCUT2D eigenvalue weighted by atomic mass is 32.1. The minimum atomic E-state index is -0.520. The van der Waals surface area contributed by atoms with Gasteiger partial charge < -0.3 is 9.64 Å². The van der Waals surface area contributed by atoms with Crippen molar-refractivity contribution in [3.05, 3.63) is 56.0 Å². The topological polar surface area (TPSA) is 103 Å². The second-order valence-corrected chi connectivity index (χ2v) is 7.27. The molecule has 8 nitrogen and oxygen atoms in total. The number of thiazole rings is 1. The van der Waals surface area contributed by atoms with Crippen molar-refractivity contribution in [2.75, 3.05) is 13.7 Å². The number of non-ortho nitro benzene ring substituents is 1. The molecule has 0 saturated carbocycles. The maximum absolute atomic E-state index is 12.9. The number of esters is 1. The van der Waals surface area contributed by atoms with E-state index in [-0.39, 0.29) is 23.8 Å². The second-order valence-electron chi connectivity index (χ2n) is 6.33. The summed E-state index contributed by atoms with van der Waals surface area (Å²) in [4.78, 5) is 40.6. The van der Waals surface area contributed by atoms with Crippen molar-refractivity contribution < 1.29 is 19.2 Å². The van der Waals surface area contributed by atoms with Crippen LogP contribution in [0.25, 0.3) is 0 Å². The third kappa shape index (κ3) is 5.58. The number of nitro benzene ring substituents is 1. The lowest BCUT2D eigenvalue weighted by atomic mass is 10.1. The van der Waals surface area contributed by atoms with Gasteiger partial charge in [-0.2, -0.15) is 0 Å². The predicted molar refractivity (Wildman–Crippen MR) is 101 cm³/mol. The molecule has 0 radical (unpaired) electrons. The molecule has 144 valence electrons.